The highest BCUT2D eigenvalue weighted by atomic mass is 16.1. The number of carbonyl (C=O) groups is 1. The van der Waals surface area contributed by atoms with Crippen molar-refractivity contribution >= 4 is 5.91 Å². The van der Waals surface area contributed by atoms with E-state index in [4.69, 9.17) is 0 Å². The van der Waals surface area contributed by atoms with E-state index < -0.39 is 0 Å². The second-order valence-electron chi connectivity index (χ2n) is 8.98. The summed E-state index contributed by atoms with van der Waals surface area (Å²) in [6.45, 7) is 8.64. The summed E-state index contributed by atoms with van der Waals surface area (Å²) in [5.74, 6) is 1.30. The highest BCUT2D eigenvalue weighted by Crippen LogP contribution is 2.39. The number of aromatic nitrogens is 2. The van der Waals surface area contributed by atoms with E-state index in [1.165, 1.54) is 45.2 Å². The summed E-state index contributed by atoms with van der Waals surface area (Å²) in [7, 11) is 0. The smallest absolute Gasteiger partial charge is 0.254 e. The second-order valence-corrected chi connectivity index (χ2v) is 8.98. The van der Waals surface area contributed by atoms with Crippen molar-refractivity contribution in [1.29, 1.82) is 0 Å². The molecule has 2 atom stereocenters. The number of nitrogens with one attached hydrogen (secondary N) is 1. The van der Waals surface area contributed by atoms with E-state index in [9.17, 15) is 4.79 Å². The first-order valence-corrected chi connectivity index (χ1v) is 9.52. The summed E-state index contributed by atoms with van der Waals surface area (Å²) < 4.78 is 1.87. The molecule has 1 aliphatic heterocycles. The predicted octanol–water partition coefficient (Wildman–Crippen LogP) is 2.63. The second kappa shape index (κ2) is 5.87. The molecular weight excluding hydrogens is 300 g/mol. The maximum Gasteiger partial charge on any atom is 0.254 e. The summed E-state index contributed by atoms with van der Waals surface area (Å²) in [5, 5.41) is 7.73. The number of piperidine rings is 1. The van der Waals surface area contributed by atoms with Crippen LogP contribution >= 0.6 is 0 Å². The van der Waals surface area contributed by atoms with Crippen molar-refractivity contribution in [2.45, 2.75) is 70.5 Å². The molecule has 1 saturated heterocycles. The Hall–Kier alpha value is -1.36. The van der Waals surface area contributed by atoms with Gasteiger partial charge in [0.25, 0.3) is 5.91 Å². The molecule has 1 aromatic heterocycles. The number of nitrogens with zero attached hydrogens (tertiary/aromatic N) is 3. The van der Waals surface area contributed by atoms with Gasteiger partial charge in [-0.15, -0.1) is 0 Å². The van der Waals surface area contributed by atoms with Gasteiger partial charge in [0.2, 0.25) is 0 Å². The van der Waals surface area contributed by atoms with Gasteiger partial charge in [0.05, 0.1) is 17.3 Å². The van der Waals surface area contributed by atoms with Crippen LogP contribution in [-0.2, 0) is 5.54 Å². The highest BCUT2D eigenvalue weighted by Gasteiger charge is 2.44. The molecule has 1 amide bonds. The molecule has 0 spiro atoms. The quantitative estimate of drug-likeness (QED) is 0.927. The molecular formula is C19H30N4O. The molecule has 5 nitrogen and oxygen atoms in total. The molecule has 5 heteroatoms. The van der Waals surface area contributed by atoms with Crippen LogP contribution in [0.1, 0.15) is 63.2 Å². The molecule has 0 aromatic carbocycles. The maximum absolute atomic E-state index is 12.7. The van der Waals surface area contributed by atoms with Gasteiger partial charge in [-0.3, -0.25) is 14.4 Å². The fourth-order valence-corrected chi connectivity index (χ4v) is 4.49. The fourth-order valence-electron chi connectivity index (χ4n) is 4.49. The van der Waals surface area contributed by atoms with Crippen LogP contribution in [0.5, 0.6) is 0 Å². The summed E-state index contributed by atoms with van der Waals surface area (Å²) in [6, 6.07) is 1.19. The van der Waals surface area contributed by atoms with Crippen molar-refractivity contribution in [1.82, 2.24) is 20.0 Å². The number of fused-ring (bicyclic) bond motifs is 2. The molecule has 2 heterocycles. The van der Waals surface area contributed by atoms with E-state index in [0.717, 1.165) is 6.04 Å². The van der Waals surface area contributed by atoms with Crippen LogP contribution in [0.2, 0.25) is 0 Å². The van der Waals surface area contributed by atoms with Crippen LogP contribution in [0, 0.1) is 11.8 Å². The monoisotopic (exact) mass is 330 g/mol. The van der Waals surface area contributed by atoms with Gasteiger partial charge in [0.15, 0.2) is 0 Å². The van der Waals surface area contributed by atoms with Gasteiger partial charge in [-0.1, -0.05) is 6.42 Å². The normalized spacial score (nSPS) is 31.0. The third-order valence-electron chi connectivity index (χ3n) is 6.00. The Balaban J connectivity index is 1.44. The van der Waals surface area contributed by atoms with Gasteiger partial charge in [0.1, 0.15) is 0 Å². The Morgan fingerprint density at radius 2 is 1.83 bits per heavy atom. The molecule has 1 aromatic rings. The highest BCUT2D eigenvalue weighted by molar-refractivity contribution is 5.93. The lowest BCUT2D eigenvalue weighted by molar-refractivity contribution is 0.0389. The third-order valence-corrected chi connectivity index (χ3v) is 6.00. The zero-order valence-electron chi connectivity index (χ0n) is 15.2. The number of hydrogen-bond acceptors (Lipinski definition) is 3. The fraction of sp³-hybridized carbons (Fsp3) is 0.789. The van der Waals surface area contributed by atoms with Gasteiger partial charge in [-0.05, 0) is 58.3 Å². The first-order chi connectivity index (χ1) is 11.4. The molecule has 3 aliphatic rings. The van der Waals surface area contributed by atoms with E-state index in [0.29, 0.717) is 23.4 Å². The van der Waals surface area contributed by atoms with Crippen LogP contribution in [0.3, 0.4) is 0 Å². The van der Waals surface area contributed by atoms with Crippen molar-refractivity contribution in [3.05, 3.63) is 18.0 Å². The van der Waals surface area contributed by atoms with Crippen LogP contribution in [0.15, 0.2) is 12.4 Å². The molecule has 3 fully saturated rings. The van der Waals surface area contributed by atoms with E-state index in [2.05, 4.69) is 36.1 Å². The van der Waals surface area contributed by atoms with Gasteiger partial charge >= 0.3 is 0 Å². The summed E-state index contributed by atoms with van der Waals surface area (Å²) >= 11 is 0. The van der Waals surface area contributed by atoms with Crippen molar-refractivity contribution in [3.8, 4) is 0 Å². The zero-order chi connectivity index (χ0) is 16.9. The predicted molar refractivity (Wildman–Crippen MR) is 93.9 cm³/mol. The average molecular weight is 330 g/mol. The molecule has 2 bridgehead atoms. The minimum atomic E-state index is -0.0926. The largest absolute Gasteiger partial charge is 0.349 e. The number of carbonyl (C=O) groups excluding carboxylic acids is 1. The first-order valence-electron chi connectivity index (χ1n) is 9.52. The Bertz CT molecular complexity index is 599. The molecule has 2 saturated carbocycles. The molecule has 1 N–H and O–H groups in total. The van der Waals surface area contributed by atoms with E-state index in [1.807, 2.05) is 10.9 Å². The van der Waals surface area contributed by atoms with Crippen molar-refractivity contribution < 1.29 is 4.79 Å². The lowest BCUT2D eigenvalue weighted by Crippen LogP contribution is -2.58. The Labute approximate surface area is 144 Å². The first kappa shape index (κ1) is 16.1. The van der Waals surface area contributed by atoms with E-state index >= 15 is 0 Å². The van der Waals surface area contributed by atoms with Crippen molar-refractivity contribution in [3.63, 3.8) is 0 Å². The number of rotatable bonds is 3. The molecule has 2 aliphatic carbocycles. The molecule has 0 radical (unpaired) electrons. The van der Waals surface area contributed by atoms with Gasteiger partial charge in [0, 0.05) is 31.4 Å². The minimum absolute atomic E-state index is 0.0484. The topological polar surface area (TPSA) is 50.2 Å². The van der Waals surface area contributed by atoms with Crippen LogP contribution < -0.4 is 5.32 Å². The molecule has 132 valence electrons. The number of likely N-dealkylation sites (tertiary alicyclic amines) is 1. The van der Waals surface area contributed by atoms with Crippen LogP contribution in [0.25, 0.3) is 0 Å². The minimum Gasteiger partial charge on any atom is -0.349 e. The third kappa shape index (κ3) is 3.10. The lowest BCUT2D eigenvalue weighted by Gasteiger charge is -2.47. The summed E-state index contributed by atoms with van der Waals surface area (Å²) in [4.78, 5) is 15.4. The van der Waals surface area contributed by atoms with Crippen LogP contribution in [0.4, 0.5) is 0 Å². The Morgan fingerprint density at radius 1 is 1.17 bits per heavy atom. The SMILES string of the molecule is CC(C)(C)n1cc(C(=O)NC2C3CCCC2CN(C2CC2)C3)cn1. The number of amides is 1. The zero-order valence-corrected chi connectivity index (χ0v) is 15.2. The van der Waals surface area contributed by atoms with Crippen molar-refractivity contribution in [2.24, 2.45) is 11.8 Å². The summed E-state index contributed by atoms with van der Waals surface area (Å²) in [5.41, 5.74) is 0.595. The lowest BCUT2D eigenvalue weighted by atomic mass is 9.73. The van der Waals surface area contributed by atoms with Gasteiger partial charge in [-0.25, -0.2) is 0 Å². The van der Waals surface area contributed by atoms with E-state index in [1.54, 1.807) is 6.20 Å². The number of hydrogen-bond donors (Lipinski definition) is 1. The molecule has 4 rings (SSSR count). The Kier molecular flexibility index (Phi) is 3.94. The summed E-state index contributed by atoms with van der Waals surface area (Å²) in [6.07, 6.45) is 10.2. The van der Waals surface area contributed by atoms with E-state index in [-0.39, 0.29) is 11.4 Å². The van der Waals surface area contributed by atoms with Crippen molar-refractivity contribution in [2.75, 3.05) is 13.1 Å². The molecule has 2 unspecified atom stereocenters. The standard InChI is InChI=1S/C19H30N4O/c1-19(2,3)23-12-15(9-20-23)18(24)21-17-13-5-4-6-14(17)11-22(10-13)16-7-8-16/h9,12-14,16-17H,4-8,10-11H2,1-3H3,(H,21,24). The average Bonchev–Trinajstić information content (AvgIpc) is 3.21. The Morgan fingerprint density at radius 3 is 2.38 bits per heavy atom. The van der Waals surface area contributed by atoms with Crippen LogP contribution in [-0.4, -0.2) is 45.8 Å². The van der Waals surface area contributed by atoms with Gasteiger partial charge < -0.3 is 5.32 Å². The maximum atomic E-state index is 12.7. The van der Waals surface area contributed by atoms with Gasteiger partial charge in [-0.2, -0.15) is 5.10 Å². The molecule has 24 heavy (non-hydrogen) atoms.